The van der Waals surface area contributed by atoms with Crippen molar-refractivity contribution in [3.05, 3.63) is 29.8 Å². The molecule has 1 amide bonds. The molecule has 0 saturated carbocycles. The molecule has 22 heavy (non-hydrogen) atoms. The molecule has 0 aliphatic carbocycles. The van der Waals surface area contributed by atoms with Crippen molar-refractivity contribution in [1.29, 1.82) is 0 Å². The molecule has 3 rings (SSSR count). The van der Waals surface area contributed by atoms with Crippen molar-refractivity contribution in [1.82, 2.24) is 4.90 Å². The summed E-state index contributed by atoms with van der Waals surface area (Å²) in [5, 5.41) is 2.94. The van der Waals surface area contributed by atoms with Gasteiger partial charge in [-0.3, -0.25) is 9.69 Å². The number of halogens is 1. The van der Waals surface area contributed by atoms with Crippen LogP contribution < -0.4 is 5.32 Å². The predicted octanol–water partition coefficient (Wildman–Crippen LogP) is 4.33. The van der Waals surface area contributed by atoms with Gasteiger partial charge < -0.3 is 5.32 Å². The van der Waals surface area contributed by atoms with Crippen LogP contribution in [0.25, 0.3) is 0 Å². The molecule has 1 aromatic carbocycles. The van der Waals surface area contributed by atoms with Gasteiger partial charge in [0.1, 0.15) is 0 Å². The van der Waals surface area contributed by atoms with Gasteiger partial charge >= 0.3 is 0 Å². The molecule has 2 aliphatic heterocycles. The Labute approximate surface area is 138 Å². The van der Waals surface area contributed by atoms with E-state index in [1.165, 1.54) is 44.2 Å². The minimum Gasteiger partial charge on any atom is -0.326 e. The summed E-state index contributed by atoms with van der Waals surface area (Å²) in [6.45, 7) is 1.24. The summed E-state index contributed by atoms with van der Waals surface area (Å²) in [5.41, 5.74) is 2.28. The van der Waals surface area contributed by atoms with E-state index >= 15 is 0 Å². The number of fused-ring (bicyclic) bond motifs is 1. The largest absolute Gasteiger partial charge is 0.326 e. The lowest BCUT2D eigenvalue weighted by Gasteiger charge is -2.34. The number of anilines is 1. The topological polar surface area (TPSA) is 32.3 Å². The molecule has 0 unspecified atom stereocenters. The standard InChI is InChI=1S/C18H25ClN2O/c19-12-3-5-18(22)20-15-8-6-14(7-9-15)17-11-10-16-4-1-2-13-21(16)17/h6-9,16-17H,1-5,10-13H2,(H,20,22)/t16-,17-/m1/s1. The number of rotatable bonds is 5. The minimum absolute atomic E-state index is 0.0466. The number of nitrogens with one attached hydrogen (secondary N) is 1. The number of benzene rings is 1. The van der Waals surface area contributed by atoms with Gasteiger partial charge in [-0.05, 0) is 56.3 Å². The highest BCUT2D eigenvalue weighted by Crippen LogP contribution is 2.40. The summed E-state index contributed by atoms with van der Waals surface area (Å²) in [5.74, 6) is 0.579. The van der Waals surface area contributed by atoms with Crippen molar-refractivity contribution in [2.24, 2.45) is 0 Å². The first-order valence-corrected chi connectivity index (χ1v) is 9.03. The number of alkyl halides is 1. The van der Waals surface area contributed by atoms with Crippen molar-refractivity contribution in [2.75, 3.05) is 17.7 Å². The third-order valence-electron chi connectivity index (χ3n) is 4.96. The maximum atomic E-state index is 11.7. The van der Waals surface area contributed by atoms with E-state index in [2.05, 4.69) is 22.3 Å². The van der Waals surface area contributed by atoms with E-state index in [-0.39, 0.29) is 5.91 Å². The smallest absolute Gasteiger partial charge is 0.224 e. The zero-order valence-corrected chi connectivity index (χ0v) is 13.8. The molecule has 2 fully saturated rings. The number of piperidine rings is 1. The number of nitrogens with zero attached hydrogens (tertiary/aromatic N) is 1. The molecular formula is C18H25ClN2O. The lowest BCUT2D eigenvalue weighted by molar-refractivity contribution is -0.116. The Morgan fingerprint density at radius 2 is 2.00 bits per heavy atom. The normalized spacial score (nSPS) is 25.0. The number of hydrogen-bond donors (Lipinski definition) is 1. The second-order valence-corrected chi connectivity index (χ2v) is 6.82. The number of hydrogen-bond acceptors (Lipinski definition) is 2. The zero-order chi connectivity index (χ0) is 15.4. The van der Waals surface area contributed by atoms with E-state index in [0.717, 1.165) is 18.2 Å². The quantitative estimate of drug-likeness (QED) is 0.819. The predicted molar refractivity (Wildman–Crippen MR) is 91.3 cm³/mol. The average molecular weight is 321 g/mol. The molecule has 3 nitrogen and oxygen atoms in total. The first-order valence-electron chi connectivity index (χ1n) is 8.49. The van der Waals surface area contributed by atoms with Crippen LogP contribution >= 0.6 is 11.6 Å². The van der Waals surface area contributed by atoms with Gasteiger partial charge in [0.2, 0.25) is 5.91 Å². The zero-order valence-electron chi connectivity index (χ0n) is 13.1. The fourth-order valence-corrected chi connectivity index (χ4v) is 3.99. The van der Waals surface area contributed by atoms with Crippen molar-refractivity contribution >= 4 is 23.2 Å². The average Bonchev–Trinajstić information content (AvgIpc) is 2.98. The molecule has 0 radical (unpaired) electrons. The van der Waals surface area contributed by atoms with Crippen LogP contribution in [0.4, 0.5) is 5.69 Å². The van der Waals surface area contributed by atoms with Crippen molar-refractivity contribution in [3.63, 3.8) is 0 Å². The van der Waals surface area contributed by atoms with Crippen LogP contribution in [0.5, 0.6) is 0 Å². The molecule has 1 aromatic rings. The van der Waals surface area contributed by atoms with E-state index in [4.69, 9.17) is 11.6 Å². The summed E-state index contributed by atoms with van der Waals surface area (Å²) in [6, 6.07) is 9.80. The van der Waals surface area contributed by atoms with Crippen LogP contribution in [-0.2, 0) is 4.79 Å². The van der Waals surface area contributed by atoms with Gasteiger partial charge in [0.25, 0.3) is 0 Å². The Kier molecular flexibility index (Phi) is 5.37. The molecule has 0 spiro atoms. The maximum absolute atomic E-state index is 11.7. The van der Waals surface area contributed by atoms with Crippen molar-refractivity contribution in [3.8, 4) is 0 Å². The van der Waals surface area contributed by atoms with Crippen LogP contribution in [0.1, 0.15) is 56.6 Å². The molecule has 4 heteroatoms. The Balaban J connectivity index is 1.60. The Bertz CT molecular complexity index is 502. The SMILES string of the molecule is O=C(CCCCl)Nc1ccc([C@H]2CC[C@H]3CCCCN32)cc1. The van der Waals surface area contributed by atoms with Crippen molar-refractivity contribution < 1.29 is 4.79 Å². The van der Waals surface area contributed by atoms with Crippen LogP contribution in [0.15, 0.2) is 24.3 Å². The van der Waals surface area contributed by atoms with Crippen LogP contribution in [-0.4, -0.2) is 29.3 Å². The minimum atomic E-state index is 0.0466. The summed E-state index contributed by atoms with van der Waals surface area (Å²) in [4.78, 5) is 14.4. The van der Waals surface area contributed by atoms with Crippen LogP contribution in [0.3, 0.4) is 0 Å². The van der Waals surface area contributed by atoms with Crippen molar-refractivity contribution in [2.45, 2.75) is 57.0 Å². The fourth-order valence-electron chi connectivity index (χ4n) is 3.86. The lowest BCUT2D eigenvalue weighted by Crippen LogP contribution is -2.35. The molecular weight excluding hydrogens is 296 g/mol. The second-order valence-electron chi connectivity index (χ2n) is 6.44. The van der Waals surface area contributed by atoms with Gasteiger partial charge in [0.05, 0.1) is 0 Å². The van der Waals surface area contributed by atoms with Gasteiger partial charge in [-0.15, -0.1) is 11.6 Å². The first kappa shape index (κ1) is 15.8. The lowest BCUT2D eigenvalue weighted by atomic mass is 10.0. The number of carbonyl (C=O) groups excluding carboxylic acids is 1. The fraction of sp³-hybridized carbons (Fsp3) is 0.611. The molecule has 2 heterocycles. The molecule has 120 valence electrons. The summed E-state index contributed by atoms with van der Waals surface area (Å²) < 4.78 is 0. The van der Waals surface area contributed by atoms with E-state index < -0.39 is 0 Å². The third-order valence-corrected chi connectivity index (χ3v) is 5.23. The number of carbonyl (C=O) groups is 1. The first-order chi connectivity index (χ1) is 10.8. The van der Waals surface area contributed by atoms with Crippen LogP contribution in [0.2, 0.25) is 0 Å². The Morgan fingerprint density at radius 1 is 1.18 bits per heavy atom. The summed E-state index contributed by atoms with van der Waals surface area (Å²) in [6.07, 6.45) is 7.91. The van der Waals surface area contributed by atoms with Gasteiger partial charge in [-0.1, -0.05) is 18.6 Å². The Morgan fingerprint density at radius 3 is 2.77 bits per heavy atom. The summed E-state index contributed by atoms with van der Waals surface area (Å²) >= 11 is 5.61. The molecule has 1 N–H and O–H groups in total. The van der Waals surface area contributed by atoms with E-state index in [1.54, 1.807) is 0 Å². The Hall–Kier alpha value is -1.06. The highest BCUT2D eigenvalue weighted by atomic mass is 35.5. The molecule has 0 bridgehead atoms. The summed E-state index contributed by atoms with van der Waals surface area (Å²) in [7, 11) is 0. The highest BCUT2D eigenvalue weighted by Gasteiger charge is 2.35. The van der Waals surface area contributed by atoms with Gasteiger partial charge in [0, 0.05) is 30.1 Å². The maximum Gasteiger partial charge on any atom is 0.224 e. The molecule has 2 aliphatic rings. The molecule has 2 saturated heterocycles. The van der Waals surface area contributed by atoms with Crippen LogP contribution in [0, 0.1) is 0 Å². The van der Waals surface area contributed by atoms with Gasteiger partial charge in [0.15, 0.2) is 0 Å². The van der Waals surface area contributed by atoms with Gasteiger partial charge in [-0.25, -0.2) is 0 Å². The number of amides is 1. The van der Waals surface area contributed by atoms with E-state index in [1.807, 2.05) is 12.1 Å². The van der Waals surface area contributed by atoms with E-state index in [9.17, 15) is 4.79 Å². The second kappa shape index (κ2) is 7.47. The van der Waals surface area contributed by atoms with Gasteiger partial charge in [-0.2, -0.15) is 0 Å². The monoisotopic (exact) mass is 320 g/mol. The third kappa shape index (κ3) is 3.64. The van der Waals surface area contributed by atoms with E-state index in [0.29, 0.717) is 18.3 Å². The highest BCUT2D eigenvalue weighted by molar-refractivity contribution is 6.18. The molecule has 0 aromatic heterocycles. The molecule has 2 atom stereocenters.